The topological polar surface area (TPSA) is 71.2 Å². The molecule has 0 bridgehead atoms. The summed E-state index contributed by atoms with van der Waals surface area (Å²) in [6, 6.07) is 11.1. The Morgan fingerprint density at radius 2 is 1.87 bits per heavy atom. The van der Waals surface area contributed by atoms with E-state index in [0.29, 0.717) is 17.7 Å². The molecule has 1 aromatic heterocycles. The van der Waals surface area contributed by atoms with Gasteiger partial charge in [0.1, 0.15) is 0 Å². The summed E-state index contributed by atoms with van der Waals surface area (Å²) in [6.07, 6.45) is -2.44. The van der Waals surface area contributed by atoms with Gasteiger partial charge >= 0.3 is 12.3 Å². The first-order valence-electron chi connectivity index (χ1n) is 9.57. The number of anilines is 1. The number of H-pyrrole nitrogens is 1. The molecule has 0 saturated carbocycles. The normalized spacial score (nSPS) is 11.5. The zero-order chi connectivity index (χ0) is 21.7. The van der Waals surface area contributed by atoms with E-state index in [0.717, 1.165) is 25.3 Å². The van der Waals surface area contributed by atoms with Crippen molar-refractivity contribution in [2.75, 3.05) is 11.9 Å². The Labute approximate surface area is 170 Å². The van der Waals surface area contributed by atoms with Crippen LogP contribution in [0.4, 0.5) is 23.7 Å². The second-order valence-electron chi connectivity index (χ2n) is 6.83. The van der Waals surface area contributed by atoms with Crippen LogP contribution < -0.4 is 10.9 Å². The lowest BCUT2D eigenvalue weighted by atomic mass is 10.0. The molecule has 0 spiro atoms. The van der Waals surface area contributed by atoms with Gasteiger partial charge in [-0.1, -0.05) is 44.0 Å². The molecular formula is C22H21F3N2O3. The molecule has 0 aliphatic rings. The van der Waals surface area contributed by atoms with Crippen LogP contribution in [-0.4, -0.2) is 17.7 Å². The van der Waals surface area contributed by atoms with Gasteiger partial charge in [0, 0.05) is 22.3 Å². The number of benzene rings is 2. The van der Waals surface area contributed by atoms with E-state index in [1.807, 2.05) is 6.92 Å². The van der Waals surface area contributed by atoms with Gasteiger partial charge in [-0.05, 0) is 36.1 Å². The summed E-state index contributed by atoms with van der Waals surface area (Å²) < 4.78 is 45.0. The van der Waals surface area contributed by atoms with Crippen molar-refractivity contribution >= 4 is 22.6 Å². The molecule has 1 heterocycles. The standard InChI is InChI=1S/C22H21F3N2O3/c1-2-3-6-11-30-21(29)26-15-10-9-14-12-19(27-20(28)17(14)13-15)16-7-4-5-8-18(16)22(23,24)25/h4-5,7-10,12-13H,2-3,6,11H2,1H3,(H,26,29)(H,27,28). The number of nitrogens with one attached hydrogen (secondary N) is 2. The number of carbonyl (C=O) groups is 1. The number of aromatic nitrogens is 1. The molecule has 3 rings (SSSR count). The summed E-state index contributed by atoms with van der Waals surface area (Å²) in [6.45, 7) is 2.34. The first kappa shape index (κ1) is 21.4. The van der Waals surface area contributed by atoms with Gasteiger partial charge in [-0.25, -0.2) is 4.79 Å². The Bertz CT molecular complexity index is 1110. The number of ether oxygens (including phenoxy) is 1. The van der Waals surface area contributed by atoms with Crippen molar-refractivity contribution in [1.29, 1.82) is 0 Å². The number of fused-ring (bicyclic) bond motifs is 1. The van der Waals surface area contributed by atoms with E-state index in [1.54, 1.807) is 12.1 Å². The van der Waals surface area contributed by atoms with E-state index in [1.165, 1.54) is 30.3 Å². The molecule has 8 heteroatoms. The summed E-state index contributed by atoms with van der Waals surface area (Å²) >= 11 is 0. The van der Waals surface area contributed by atoms with E-state index in [2.05, 4.69) is 10.3 Å². The summed E-state index contributed by atoms with van der Waals surface area (Å²) in [7, 11) is 0. The Morgan fingerprint density at radius 3 is 2.60 bits per heavy atom. The van der Waals surface area contributed by atoms with Gasteiger partial charge in [-0.3, -0.25) is 10.1 Å². The van der Waals surface area contributed by atoms with Gasteiger partial charge in [-0.15, -0.1) is 0 Å². The largest absolute Gasteiger partial charge is 0.449 e. The molecular weight excluding hydrogens is 397 g/mol. The summed E-state index contributed by atoms with van der Waals surface area (Å²) in [5.41, 5.74) is -1.07. The van der Waals surface area contributed by atoms with Crippen molar-refractivity contribution in [2.45, 2.75) is 32.4 Å². The lowest BCUT2D eigenvalue weighted by Gasteiger charge is -2.13. The lowest BCUT2D eigenvalue weighted by molar-refractivity contribution is -0.137. The van der Waals surface area contributed by atoms with Crippen LogP contribution in [-0.2, 0) is 10.9 Å². The van der Waals surface area contributed by atoms with Crippen LogP contribution in [0.15, 0.2) is 53.3 Å². The molecule has 1 amide bonds. The van der Waals surface area contributed by atoms with E-state index in [9.17, 15) is 22.8 Å². The van der Waals surface area contributed by atoms with Crippen LogP contribution in [0.1, 0.15) is 31.7 Å². The number of pyridine rings is 1. The first-order chi connectivity index (χ1) is 14.3. The minimum atomic E-state index is -4.55. The number of halogens is 3. The lowest BCUT2D eigenvalue weighted by Crippen LogP contribution is -2.15. The summed E-state index contributed by atoms with van der Waals surface area (Å²) in [5.74, 6) is 0. The Balaban J connectivity index is 1.88. The number of alkyl halides is 3. The number of hydrogen-bond donors (Lipinski definition) is 2. The molecule has 3 aromatic rings. The maximum absolute atomic E-state index is 13.3. The monoisotopic (exact) mass is 418 g/mol. The molecule has 0 unspecified atom stereocenters. The Morgan fingerprint density at radius 1 is 1.10 bits per heavy atom. The highest BCUT2D eigenvalue weighted by atomic mass is 19.4. The van der Waals surface area contributed by atoms with Gasteiger partial charge in [0.25, 0.3) is 5.56 Å². The molecule has 2 aromatic carbocycles. The van der Waals surface area contributed by atoms with Gasteiger partial charge in [0.2, 0.25) is 0 Å². The molecule has 5 nitrogen and oxygen atoms in total. The second kappa shape index (κ2) is 9.02. The van der Waals surface area contributed by atoms with Crippen molar-refractivity contribution in [3.05, 3.63) is 64.4 Å². The van der Waals surface area contributed by atoms with Gasteiger partial charge < -0.3 is 9.72 Å². The molecule has 2 N–H and O–H groups in total. The fourth-order valence-electron chi connectivity index (χ4n) is 3.12. The van der Waals surface area contributed by atoms with Crippen LogP contribution in [0.5, 0.6) is 0 Å². The minimum Gasteiger partial charge on any atom is -0.449 e. The molecule has 0 radical (unpaired) electrons. The molecule has 0 fully saturated rings. The minimum absolute atomic E-state index is 0.0662. The zero-order valence-corrected chi connectivity index (χ0v) is 16.3. The number of rotatable bonds is 6. The van der Waals surface area contributed by atoms with Crippen LogP contribution >= 0.6 is 0 Å². The predicted octanol–water partition coefficient (Wildman–Crippen LogP) is 5.95. The smallest absolute Gasteiger partial charge is 0.417 e. The van der Waals surface area contributed by atoms with Crippen molar-refractivity contribution < 1.29 is 22.7 Å². The average Bonchev–Trinajstić information content (AvgIpc) is 2.71. The maximum atomic E-state index is 13.3. The van der Waals surface area contributed by atoms with Crippen molar-refractivity contribution in [2.24, 2.45) is 0 Å². The third-order valence-electron chi connectivity index (χ3n) is 4.60. The molecule has 0 atom stereocenters. The van der Waals surface area contributed by atoms with Crippen LogP contribution in [0.25, 0.3) is 22.0 Å². The van der Waals surface area contributed by atoms with E-state index < -0.39 is 23.4 Å². The number of aromatic amines is 1. The highest BCUT2D eigenvalue weighted by molar-refractivity contribution is 5.92. The van der Waals surface area contributed by atoms with Crippen molar-refractivity contribution in [3.8, 4) is 11.3 Å². The third kappa shape index (κ3) is 5.00. The quantitative estimate of drug-likeness (QED) is 0.486. The molecule has 0 saturated heterocycles. The molecule has 30 heavy (non-hydrogen) atoms. The Hall–Kier alpha value is -3.29. The van der Waals surface area contributed by atoms with Crippen LogP contribution in [0.3, 0.4) is 0 Å². The van der Waals surface area contributed by atoms with Crippen LogP contribution in [0.2, 0.25) is 0 Å². The Kier molecular flexibility index (Phi) is 6.44. The SMILES string of the molecule is CCCCCOC(=O)Nc1ccc2cc(-c3ccccc3C(F)(F)F)[nH]c(=O)c2c1. The summed E-state index contributed by atoms with van der Waals surface area (Å²) in [4.78, 5) is 26.9. The number of carbonyl (C=O) groups excluding carboxylic acids is 1. The van der Waals surface area contributed by atoms with Crippen molar-refractivity contribution in [1.82, 2.24) is 4.98 Å². The van der Waals surface area contributed by atoms with Gasteiger partial charge in [-0.2, -0.15) is 13.2 Å². The maximum Gasteiger partial charge on any atom is 0.417 e. The average molecular weight is 418 g/mol. The second-order valence-corrected chi connectivity index (χ2v) is 6.83. The van der Waals surface area contributed by atoms with E-state index in [4.69, 9.17) is 4.74 Å². The fourth-order valence-corrected chi connectivity index (χ4v) is 3.12. The van der Waals surface area contributed by atoms with Crippen molar-refractivity contribution in [3.63, 3.8) is 0 Å². The highest BCUT2D eigenvalue weighted by Crippen LogP contribution is 2.36. The number of amides is 1. The number of hydrogen-bond acceptors (Lipinski definition) is 3. The zero-order valence-electron chi connectivity index (χ0n) is 16.3. The highest BCUT2D eigenvalue weighted by Gasteiger charge is 2.33. The molecule has 158 valence electrons. The molecule has 0 aliphatic carbocycles. The van der Waals surface area contributed by atoms with Gasteiger partial charge in [0.05, 0.1) is 12.2 Å². The van der Waals surface area contributed by atoms with E-state index >= 15 is 0 Å². The number of unbranched alkanes of at least 4 members (excludes halogenated alkanes) is 2. The fraction of sp³-hybridized carbons (Fsp3) is 0.273. The molecule has 0 aliphatic heterocycles. The predicted molar refractivity (Wildman–Crippen MR) is 110 cm³/mol. The third-order valence-corrected chi connectivity index (χ3v) is 4.60. The summed E-state index contributed by atoms with van der Waals surface area (Å²) in [5, 5.41) is 3.24. The van der Waals surface area contributed by atoms with Crippen LogP contribution in [0, 0.1) is 0 Å². The first-order valence-corrected chi connectivity index (χ1v) is 9.57. The van der Waals surface area contributed by atoms with E-state index in [-0.39, 0.29) is 16.6 Å². The van der Waals surface area contributed by atoms with Gasteiger partial charge in [0.15, 0.2) is 0 Å².